The van der Waals surface area contributed by atoms with Crippen molar-refractivity contribution >= 4 is 5.91 Å². The first kappa shape index (κ1) is 20.2. The molecule has 0 saturated heterocycles. The van der Waals surface area contributed by atoms with Crippen LogP contribution in [0.15, 0.2) is 42.5 Å². The number of carbonyl (C=O) groups is 1. The number of aromatic hydroxyl groups is 1. The van der Waals surface area contributed by atoms with Crippen LogP contribution in [0.3, 0.4) is 0 Å². The Morgan fingerprint density at radius 2 is 1.96 bits per heavy atom. The molecule has 2 atom stereocenters. The van der Waals surface area contributed by atoms with E-state index < -0.39 is 6.10 Å². The number of amides is 1. The molecule has 6 heteroatoms. The lowest BCUT2D eigenvalue weighted by Gasteiger charge is -2.27. The number of aliphatic hydroxyl groups excluding tert-OH is 1. The Balaban J connectivity index is 1.54. The number of nitrogens with zero attached hydrogens (tertiary/aromatic N) is 1. The average molecular weight is 384 g/mol. The Hall–Kier alpha value is -2.57. The summed E-state index contributed by atoms with van der Waals surface area (Å²) in [5.74, 6) is 0.831. The second-order valence-electron chi connectivity index (χ2n) is 7.46. The molecule has 1 amide bonds. The Labute approximate surface area is 165 Å². The number of phenols is 1. The molecule has 0 aliphatic heterocycles. The minimum atomic E-state index is -0.617. The van der Waals surface area contributed by atoms with Crippen LogP contribution in [0.1, 0.15) is 29.2 Å². The van der Waals surface area contributed by atoms with Crippen LogP contribution in [-0.2, 0) is 17.6 Å². The number of hydrogen-bond acceptors (Lipinski definition) is 5. The number of aryl methyl sites for hydroxylation is 1. The summed E-state index contributed by atoms with van der Waals surface area (Å²) in [6.45, 7) is 0.491. The zero-order chi connectivity index (χ0) is 20.1. The fourth-order valence-corrected chi connectivity index (χ4v) is 3.36. The number of fused-ring (bicyclic) bond motifs is 1. The number of ether oxygens (including phenoxy) is 1. The van der Waals surface area contributed by atoms with Gasteiger partial charge < -0.3 is 25.2 Å². The molecule has 0 radical (unpaired) electrons. The van der Waals surface area contributed by atoms with Gasteiger partial charge in [0.1, 0.15) is 11.5 Å². The van der Waals surface area contributed by atoms with Gasteiger partial charge in [0, 0.05) is 26.7 Å². The first-order chi connectivity index (χ1) is 13.4. The second kappa shape index (κ2) is 9.08. The summed E-state index contributed by atoms with van der Waals surface area (Å²) in [7, 11) is 3.42. The number of phenolic OH excluding ortho intramolecular Hbond substituents is 1. The zero-order valence-electron chi connectivity index (χ0n) is 16.4. The van der Waals surface area contributed by atoms with Crippen molar-refractivity contribution < 1.29 is 19.7 Å². The zero-order valence-corrected chi connectivity index (χ0v) is 16.4. The molecule has 2 aromatic carbocycles. The maximum absolute atomic E-state index is 11.7. The first-order valence-electron chi connectivity index (χ1n) is 9.57. The van der Waals surface area contributed by atoms with Gasteiger partial charge in [-0.3, -0.25) is 4.79 Å². The number of hydrogen-bond donors (Lipinski definition) is 3. The molecule has 3 N–H and O–H groups in total. The maximum atomic E-state index is 11.7. The minimum Gasteiger partial charge on any atom is -0.508 e. The van der Waals surface area contributed by atoms with Crippen molar-refractivity contribution in [2.24, 2.45) is 0 Å². The third-order valence-electron chi connectivity index (χ3n) is 5.15. The van der Waals surface area contributed by atoms with Crippen LogP contribution in [-0.4, -0.2) is 54.3 Å². The second-order valence-corrected chi connectivity index (χ2v) is 7.46. The molecule has 0 fully saturated rings. The third-order valence-corrected chi connectivity index (χ3v) is 5.15. The van der Waals surface area contributed by atoms with E-state index in [0.717, 1.165) is 24.8 Å². The maximum Gasteiger partial charge on any atom is 0.259 e. The lowest BCUT2D eigenvalue weighted by Crippen LogP contribution is -2.37. The van der Waals surface area contributed by atoms with Crippen molar-refractivity contribution in [3.8, 4) is 11.5 Å². The molecule has 150 valence electrons. The summed E-state index contributed by atoms with van der Waals surface area (Å²) in [5.41, 5.74) is 3.31. The molecule has 1 aliphatic carbocycles. The van der Waals surface area contributed by atoms with Gasteiger partial charge in [-0.25, -0.2) is 0 Å². The number of carbonyl (C=O) groups excluding carboxylic acids is 1. The molecule has 28 heavy (non-hydrogen) atoms. The van der Waals surface area contributed by atoms with Crippen molar-refractivity contribution in [3.05, 3.63) is 59.2 Å². The number of aliphatic hydroxyl groups is 1. The van der Waals surface area contributed by atoms with E-state index in [1.54, 1.807) is 38.4 Å². The molecular formula is C22H28N2O4. The van der Waals surface area contributed by atoms with E-state index in [2.05, 4.69) is 11.4 Å². The summed E-state index contributed by atoms with van der Waals surface area (Å²) in [4.78, 5) is 13.2. The van der Waals surface area contributed by atoms with Gasteiger partial charge in [0.15, 0.2) is 6.61 Å². The number of benzene rings is 2. The van der Waals surface area contributed by atoms with E-state index in [1.807, 2.05) is 12.1 Å². The monoisotopic (exact) mass is 384 g/mol. The van der Waals surface area contributed by atoms with Gasteiger partial charge in [-0.2, -0.15) is 0 Å². The summed E-state index contributed by atoms with van der Waals surface area (Å²) in [6.07, 6.45) is 2.22. The topological polar surface area (TPSA) is 82.0 Å². The Kier molecular flexibility index (Phi) is 6.54. The molecule has 0 bridgehead atoms. The molecule has 0 heterocycles. The molecule has 6 nitrogen and oxygen atoms in total. The molecule has 1 aliphatic rings. The van der Waals surface area contributed by atoms with Crippen molar-refractivity contribution in [2.75, 3.05) is 27.2 Å². The van der Waals surface area contributed by atoms with Gasteiger partial charge >= 0.3 is 0 Å². The first-order valence-corrected chi connectivity index (χ1v) is 9.57. The minimum absolute atomic E-state index is 0.0340. The van der Waals surface area contributed by atoms with Crippen molar-refractivity contribution in [2.45, 2.75) is 31.4 Å². The van der Waals surface area contributed by atoms with Crippen LogP contribution in [0.5, 0.6) is 11.5 Å². The van der Waals surface area contributed by atoms with E-state index in [9.17, 15) is 15.0 Å². The Bertz CT molecular complexity index is 805. The lowest BCUT2D eigenvalue weighted by molar-refractivity contribution is -0.130. The number of likely N-dealkylation sites (N-methyl/N-ethyl adjacent to an activating group) is 1. The standard InChI is InChI=1S/C22H28N2O4/c1-24(2)22(27)14-28-20-10-6-15-3-7-18(11-17(15)12-20)23-13-21(26)16-4-8-19(25)9-5-16/h4-6,8-10,12,18,21,23,25-26H,3,7,11,13-14H2,1-2H3/t18-,21+/m0/s1. The van der Waals surface area contributed by atoms with Gasteiger partial charge in [0.25, 0.3) is 5.91 Å². The summed E-state index contributed by atoms with van der Waals surface area (Å²) < 4.78 is 5.62. The van der Waals surface area contributed by atoms with E-state index >= 15 is 0 Å². The van der Waals surface area contributed by atoms with Crippen LogP contribution in [0.4, 0.5) is 0 Å². The highest BCUT2D eigenvalue weighted by molar-refractivity contribution is 5.77. The van der Waals surface area contributed by atoms with Gasteiger partial charge in [-0.05, 0) is 60.2 Å². The van der Waals surface area contributed by atoms with Crippen LogP contribution < -0.4 is 10.1 Å². The van der Waals surface area contributed by atoms with Crippen molar-refractivity contribution in [3.63, 3.8) is 0 Å². The Morgan fingerprint density at radius 1 is 1.21 bits per heavy atom. The van der Waals surface area contributed by atoms with E-state index in [-0.39, 0.29) is 24.3 Å². The van der Waals surface area contributed by atoms with Gasteiger partial charge in [0.05, 0.1) is 6.10 Å². The fraction of sp³-hybridized carbons (Fsp3) is 0.409. The van der Waals surface area contributed by atoms with Crippen LogP contribution in [0, 0.1) is 0 Å². The molecule has 0 spiro atoms. The smallest absolute Gasteiger partial charge is 0.259 e. The molecule has 0 saturated carbocycles. The van der Waals surface area contributed by atoms with E-state index in [1.165, 1.54) is 16.0 Å². The summed E-state index contributed by atoms with van der Waals surface area (Å²) >= 11 is 0. The number of rotatable bonds is 7. The average Bonchev–Trinajstić information content (AvgIpc) is 2.70. The van der Waals surface area contributed by atoms with Crippen LogP contribution >= 0.6 is 0 Å². The molecule has 3 rings (SSSR count). The van der Waals surface area contributed by atoms with Gasteiger partial charge in [-0.15, -0.1) is 0 Å². The summed E-state index contributed by atoms with van der Waals surface area (Å²) in [6, 6.07) is 12.9. The molecular weight excluding hydrogens is 356 g/mol. The SMILES string of the molecule is CN(C)C(=O)COc1ccc2c(c1)C[C@@H](NC[C@@H](O)c1ccc(O)cc1)CC2. The fourth-order valence-electron chi connectivity index (χ4n) is 3.36. The normalized spacial score (nSPS) is 16.9. The van der Waals surface area contributed by atoms with E-state index in [4.69, 9.17) is 4.74 Å². The number of nitrogens with one attached hydrogen (secondary N) is 1. The Morgan fingerprint density at radius 3 is 2.68 bits per heavy atom. The molecule has 0 aromatic heterocycles. The predicted octanol–water partition coefficient (Wildman–Crippen LogP) is 2.04. The van der Waals surface area contributed by atoms with E-state index in [0.29, 0.717) is 12.3 Å². The van der Waals surface area contributed by atoms with Gasteiger partial charge in [0.2, 0.25) is 0 Å². The quantitative estimate of drug-likeness (QED) is 0.681. The predicted molar refractivity (Wildman–Crippen MR) is 108 cm³/mol. The van der Waals surface area contributed by atoms with Crippen molar-refractivity contribution in [1.82, 2.24) is 10.2 Å². The van der Waals surface area contributed by atoms with Crippen molar-refractivity contribution in [1.29, 1.82) is 0 Å². The van der Waals surface area contributed by atoms with Crippen LogP contribution in [0.2, 0.25) is 0 Å². The highest BCUT2D eigenvalue weighted by atomic mass is 16.5. The lowest BCUT2D eigenvalue weighted by atomic mass is 9.88. The highest BCUT2D eigenvalue weighted by Gasteiger charge is 2.20. The molecule has 0 unspecified atom stereocenters. The molecule has 2 aromatic rings. The largest absolute Gasteiger partial charge is 0.508 e. The highest BCUT2D eigenvalue weighted by Crippen LogP contribution is 2.26. The van der Waals surface area contributed by atoms with Gasteiger partial charge in [-0.1, -0.05) is 18.2 Å². The third kappa shape index (κ3) is 5.24. The van der Waals surface area contributed by atoms with Crippen LogP contribution in [0.25, 0.3) is 0 Å². The summed E-state index contributed by atoms with van der Waals surface area (Å²) in [5, 5.41) is 23.1.